The fourth-order valence-corrected chi connectivity index (χ4v) is 3.56. The maximum atomic E-state index is 12.1. The standard InChI is InChI=1S/C24H28IN3O7/c1-4-33-18-8-6-17(7-9-18)27-21(29)10-11-22(30)28-26-14-16-12-19(25)24(20(13-16)32-3)35-15-23(31)34-5-2/h6-9,12-14H,4-5,10-11,15H2,1-3H3,(H,27,29)(H,28,30). The van der Waals surface area contributed by atoms with Crippen LogP contribution in [0.2, 0.25) is 0 Å². The van der Waals surface area contributed by atoms with Crippen molar-refractivity contribution in [1.82, 2.24) is 5.43 Å². The molecule has 0 aromatic heterocycles. The molecule has 0 spiro atoms. The van der Waals surface area contributed by atoms with Crippen molar-refractivity contribution in [2.24, 2.45) is 5.10 Å². The molecule has 35 heavy (non-hydrogen) atoms. The van der Waals surface area contributed by atoms with Crippen LogP contribution in [0.25, 0.3) is 0 Å². The number of carbonyl (C=O) groups is 3. The van der Waals surface area contributed by atoms with E-state index in [-0.39, 0.29) is 32.0 Å². The second-order valence-corrected chi connectivity index (χ2v) is 8.09. The van der Waals surface area contributed by atoms with E-state index in [0.717, 1.165) is 0 Å². The van der Waals surface area contributed by atoms with Gasteiger partial charge in [0.2, 0.25) is 11.8 Å². The number of esters is 1. The molecule has 0 saturated carbocycles. The first-order valence-electron chi connectivity index (χ1n) is 10.9. The lowest BCUT2D eigenvalue weighted by Crippen LogP contribution is -2.20. The Hall–Kier alpha value is -3.35. The van der Waals surface area contributed by atoms with Crippen molar-refractivity contribution >= 4 is 52.3 Å². The number of benzene rings is 2. The molecule has 2 aromatic carbocycles. The van der Waals surface area contributed by atoms with Gasteiger partial charge in [0.15, 0.2) is 18.1 Å². The van der Waals surface area contributed by atoms with E-state index in [1.54, 1.807) is 43.3 Å². The molecule has 2 aromatic rings. The summed E-state index contributed by atoms with van der Waals surface area (Å²) >= 11 is 2.05. The van der Waals surface area contributed by atoms with E-state index in [1.165, 1.54) is 13.3 Å². The normalized spacial score (nSPS) is 10.5. The van der Waals surface area contributed by atoms with Crippen LogP contribution >= 0.6 is 22.6 Å². The molecule has 0 bridgehead atoms. The van der Waals surface area contributed by atoms with Gasteiger partial charge in [-0.2, -0.15) is 5.10 Å². The van der Waals surface area contributed by atoms with Gasteiger partial charge < -0.3 is 24.3 Å². The monoisotopic (exact) mass is 597 g/mol. The summed E-state index contributed by atoms with van der Waals surface area (Å²) in [6.45, 7) is 4.20. The molecular formula is C24H28IN3O7. The highest BCUT2D eigenvalue weighted by atomic mass is 127. The maximum Gasteiger partial charge on any atom is 0.344 e. The third-order valence-electron chi connectivity index (χ3n) is 4.32. The second-order valence-electron chi connectivity index (χ2n) is 6.93. The number of nitrogens with one attached hydrogen (secondary N) is 2. The Kier molecular flexibility index (Phi) is 11.8. The molecular weight excluding hydrogens is 569 g/mol. The number of ether oxygens (including phenoxy) is 4. The summed E-state index contributed by atoms with van der Waals surface area (Å²) in [5.41, 5.74) is 3.66. The van der Waals surface area contributed by atoms with E-state index in [2.05, 4.69) is 15.8 Å². The van der Waals surface area contributed by atoms with Crippen LogP contribution in [-0.2, 0) is 19.1 Å². The van der Waals surface area contributed by atoms with Crippen molar-refractivity contribution < 1.29 is 33.3 Å². The summed E-state index contributed by atoms with van der Waals surface area (Å²) in [7, 11) is 1.48. The van der Waals surface area contributed by atoms with Gasteiger partial charge in [0, 0.05) is 18.5 Å². The summed E-state index contributed by atoms with van der Waals surface area (Å²) in [5, 5.41) is 6.66. The number of anilines is 1. The van der Waals surface area contributed by atoms with Gasteiger partial charge in [-0.3, -0.25) is 9.59 Å². The summed E-state index contributed by atoms with van der Waals surface area (Å²) < 4.78 is 21.8. The van der Waals surface area contributed by atoms with Gasteiger partial charge >= 0.3 is 5.97 Å². The molecule has 0 fully saturated rings. The minimum atomic E-state index is -0.480. The van der Waals surface area contributed by atoms with E-state index in [4.69, 9.17) is 18.9 Å². The van der Waals surface area contributed by atoms with Crippen molar-refractivity contribution in [2.45, 2.75) is 26.7 Å². The number of hydrogen-bond donors (Lipinski definition) is 2. The molecule has 2 amide bonds. The van der Waals surface area contributed by atoms with E-state index in [9.17, 15) is 14.4 Å². The summed E-state index contributed by atoms with van der Waals surface area (Å²) in [4.78, 5) is 35.7. The zero-order valence-electron chi connectivity index (χ0n) is 19.8. The van der Waals surface area contributed by atoms with Crippen LogP contribution in [0.15, 0.2) is 41.5 Å². The predicted octanol–water partition coefficient (Wildman–Crippen LogP) is 3.51. The quantitative estimate of drug-likeness (QED) is 0.157. The first-order chi connectivity index (χ1) is 16.9. The highest BCUT2D eigenvalue weighted by Gasteiger charge is 2.14. The summed E-state index contributed by atoms with van der Waals surface area (Å²) in [6, 6.07) is 10.4. The van der Waals surface area contributed by atoms with Crippen molar-refractivity contribution in [2.75, 3.05) is 32.2 Å². The highest BCUT2D eigenvalue weighted by molar-refractivity contribution is 14.1. The molecule has 11 heteroatoms. The van der Waals surface area contributed by atoms with Crippen LogP contribution in [0.4, 0.5) is 5.69 Å². The molecule has 0 unspecified atom stereocenters. The Balaban J connectivity index is 1.83. The highest BCUT2D eigenvalue weighted by Crippen LogP contribution is 2.33. The lowest BCUT2D eigenvalue weighted by Gasteiger charge is -2.13. The Labute approximate surface area is 217 Å². The first-order valence-corrected chi connectivity index (χ1v) is 11.9. The predicted molar refractivity (Wildman–Crippen MR) is 139 cm³/mol. The summed E-state index contributed by atoms with van der Waals surface area (Å²) in [6.07, 6.45) is 1.42. The van der Waals surface area contributed by atoms with Gasteiger partial charge in [0.25, 0.3) is 0 Å². The minimum Gasteiger partial charge on any atom is -0.494 e. The van der Waals surface area contributed by atoms with Crippen molar-refractivity contribution in [1.29, 1.82) is 0 Å². The van der Waals surface area contributed by atoms with Crippen molar-refractivity contribution in [3.8, 4) is 17.2 Å². The van der Waals surface area contributed by atoms with E-state index in [1.807, 2.05) is 29.5 Å². The number of rotatable bonds is 13. The van der Waals surface area contributed by atoms with Gasteiger partial charge in [-0.15, -0.1) is 0 Å². The molecule has 0 aliphatic heterocycles. The number of hydrogen-bond acceptors (Lipinski definition) is 8. The average molecular weight is 597 g/mol. The van der Waals surface area contributed by atoms with Crippen LogP contribution in [-0.4, -0.2) is 50.9 Å². The Morgan fingerprint density at radius 2 is 1.71 bits per heavy atom. The van der Waals surface area contributed by atoms with Crippen LogP contribution in [0, 0.1) is 3.57 Å². The van der Waals surface area contributed by atoms with E-state index >= 15 is 0 Å². The molecule has 0 radical (unpaired) electrons. The summed E-state index contributed by atoms with van der Waals surface area (Å²) in [5.74, 6) is 0.353. The zero-order chi connectivity index (χ0) is 25.6. The van der Waals surface area contributed by atoms with Crippen LogP contribution < -0.4 is 25.0 Å². The van der Waals surface area contributed by atoms with Crippen molar-refractivity contribution in [3.05, 3.63) is 45.5 Å². The minimum absolute atomic E-state index is 0.00673. The molecule has 0 saturated heterocycles. The number of hydrazone groups is 1. The Morgan fingerprint density at radius 3 is 2.37 bits per heavy atom. The van der Waals surface area contributed by atoms with Crippen LogP contribution in [0.3, 0.4) is 0 Å². The molecule has 0 aliphatic rings. The topological polar surface area (TPSA) is 125 Å². The fourth-order valence-electron chi connectivity index (χ4n) is 2.77. The number of carbonyl (C=O) groups excluding carboxylic acids is 3. The molecule has 188 valence electrons. The number of halogens is 1. The number of nitrogens with zero attached hydrogens (tertiary/aromatic N) is 1. The van der Waals surface area contributed by atoms with Gasteiger partial charge in [-0.1, -0.05) is 0 Å². The number of methoxy groups -OCH3 is 1. The molecule has 10 nitrogen and oxygen atoms in total. The lowest BCUT2D eigenvalue weighted by molar-refractivity contribution is -0.145. The average Bonchev–Trinajstić information content (AvgIpc) is 2.83. The third kappa shape index (κ3) is 9.81. The second kappa shape index (κ2) is 14.8. The van der Waals surface area contributed by atoms with Gasteiger partial charge in [0.1, 0.15) is 5.75 Å². The Morgan fingerprint density at radius 1 is 1.00 bits per heavy atom. The molecule has 2 N–H and O–H groups in total. The maximum absolute atomic E-state index is 12.1. The Bertz CT molecular complexity index is 1040. The molecule has 0 heterocycles. The van der Waals surface area contributed by atoms with Crippen LogP contribution in [0.1, 0.15) is 32.3 Å². The van der Waals surface area contributed by atoms with E-state index < -0.39 is 11.9 Å². The van der Waals surface area contributed by atoms with Crippen molar-refractivity contribution in [3.63, 3.8) is 0 Å². The first kappa shape index (κ1) is 27.9. The largest absolute Gasteiger partial charge is 0.494 e. The van der Waals surface area contributed by atoms with Gasteiger partial charge in [-0.05, 0) is 78.4 Å². The smallest absolute Gasteiger partial charge is 0.344 e. The molecule has 2 rings (SSSR count). The fraction of sp³-hybridized carbons (Fsp3) is 0.333. The SMILES string of the molecule is CCOC(=O)COc1c(I)cc(C=NNC(=O)CCC(=O)Nc2ccc(OCC)cc2)cc1OC. The van der Waals surface area contributed by atoms with Crippen LogP contribution in [0.5, 0.6) is 17.2 Å². The molecule has 0 aliphatic carbocycles. The molecule has 0 atom stereocenters. The number of amides is 2. The lowest BCUT2D eigenvalue weighted by atomic mass is 10.2. The van der Waals surface area contributed by atoms with Gasteiger partial charge in [0.05, 0.1) is 30.1 Å². The van der Waals surface area contributed by atoms with E-state index in [0.29, 0.717) is 38.7 Å². The third-order valence-corrected chi connectivity index (χ3v) is 5.12. The zero-order valence-corrected chi connectivity index (χ0v) is 21.9. The van der Waals surface area contributed by atoms with Gasteiger partial charge in [-0.25, -0.2) is 10.2 Å².